The van der Waals surface area contributed by atoms with Gasteiger partial charge < -0.3 is 5.11 Å². The van der Waals surface area contributed by atoms with E-state index in [0.29, 0.717) is 10.6 Å². The molecule has 0 radical (unpaired) electrons. The van der Waals surface area contributed by atoms with Crippen molar-refractivity contribution in [2.75, 3.05) is 0 Å². The Labute approximate surface area is 126 Å². The van der Waals surface area contributed by atoms with Crippen LogP contribution >= 0.6 is 11.6 Å². The normalized spacial score (nSPS) is 12.7. The van der Waals surface area contributed by atoms with Crippen molar-refractivity contribution in [1.82, 2.24) is 4.72 Å². The summed E-state index contributed by atoms with van der Waals surface area (Å²) < 4.78 is 27.7. The van der Waals surface area contributed by atoms with Crippen LogP contribution in [0, 0.1) is 0 Å². The van der Waals surface area contributed by atoms with Crippen molar-refractivity contribution in [3.63, 3.8) is 0 Å². The lowest BCUT2D eigenvalue weighted by Crippen LogP contribution is -2.46. The van der Waals surface area contributed by atoms with Crippen LogP contribution in [0.25, 0.3) is 0 Å². The minimum atomic E-state index is -3.62. The molecule has 0 saturated carbocycles. The molecule has 114 valence electrons. The van der Waals surface area contributed by atoms with Crippen LogP contribution in [0.2, 0.25) is 5.02 Å². The second-order valence-electron chi connectivity index (χ2n) is 4.86. The zero-order valence-corrected chi connectivity index (χ0v) is 13.7. The van der Waals surface area contributed by atoms with Crippen LogP contribution < -0.4 is 4.72 Å². The van der Waals surface area contributed by atoms with Crippen LogP contribution in [-0.2, 0) is 16.6 Å². The molecule has 0 saturated heterocycles. The Morgan fingerprint density at radius 3 is 2.20 bits per heavy atom. The molecule has 1 aromatic carbocycles. The Balaban J connectivity index is 3.17. The fourth-order valence-electron chi connectivity index (χ4n) is 2.15. The summed E-state index contributed by atoms with van der Waals surface area (Å²) in [6.45, 7) is 5.62. The molecule has 1 rings (SSSR count). The summed E-state index contributed by atoms with van der Waals surface area (Å²) in [4.78, 5) is 0.130. The zero-order valence-electron chi connectivity index (χ0n) is 12.1. The summed E-state index contributed by atoms with van der Waals surface area (Å²) in [7, 11) is -3.62. The zero-order chi connectivity index (χ0) is 15.4. The first-order valence-electron chi connectivity index (χ1n) is 6.77. The van der Waals surface area contributed by atoms with E-state index in [1.807, 2.05) is 20.8 Å². The minimum Gasteiger partial charge on any atom is -0.392 e. The molecule has 0 aliphatic heterocycles. The lowest BCUT2D eigenvalue weighted by atomic mass is 9.91. The number of halogens is 1. The minimum absolute atomic E-state index is 0.130. The Morgan fingerprint density at radius 1 is 1.20 bits per heavy atom. The Kier molecular flexibility index (Phi) is 6.01. The van der Waals surface area contributed by atoms with Gasteiger partial charge in [0, 0.05) is 10.6 Å². The monoisotopic (exact) mass is 319 g/mol. The number of rotatable bonds is 7. The number of hydrogen-bond donors (Lipinski definition) is 2. The van der Waals surface area contributed by atoms with Gasteiger partial charge in [0.25, 0.3) is 0 Å². The molecular formula is C14H22ClNO3S. The molecule has 2 N–H and O–H groups in total. The third-order valence-electron chi connectivity index (χ3n) is 3.88. The molecule has 0 spiro atoms. The second-order valence-corrected chi connectivity index (χ2v) is 6.95. The highest BCUT2D eigenvalue weighted by Crippen LogP contribution is 2.25. The average molecular weight is 320 g/mol. The highest BCUT2D eigenvalue weighted by atomic mass is 35.5. The van der Waals surface area contributed by atoms with Gasteiger partial charge in [0.05, 0.1) is 11.5 Å². The standard InChI is InChI=1S/C14H22ClNO3S/c1-4-14(5-2,6-3)16-20(18,19)12-7-8-13(15)11(9-12)10-17/h7-9,16-17H,4-6,10H2,1-3H3. The first-order chi connectivity index (χ1) is 9.34. The van der Waals surface area contributed by atoms with Crippen LogP contribution in [-0.4, -0.2) is 19.1 Å². The maximum atomic E-state index is 12.5. The van der Waals surface area contributed by atoms with E-state index in [1.54, 1.807) is 0 Å². The van der Waals surface area contributed by atoms with Gasteiger partial charge in [-0.2, -0.15) is 0 Å². The fourth-order valence-corrected chi connectivity index (χ4v) is 3.99. The van der Waals surface area contributed by atoms with Gasteiger partial charge in [-0.15, -0.1) is 0 Å². The van der Waals surface area contributed by atoms with Gasteiger partial charge in [0.1, 0.15) is 0 Å². The predicted molar refractivity (Wildman–Crippen MR) is 81.3 cm³/mol. The van der Waals surface area contributed by atoms with Gasteiger partial charge in [-0.3, -0.25) is 0 Å². The number of nitrogens with one attached hydrogen (secondary N) is 1. The Hall–Kier alpha value is -0.620. The number of hydrogen-bond acceptors (Lipinski definition) is 3. The molecular weight excluding hydrogens is 298 g/mol. The van der Waals surface area contributed by atoms with E-state index in [-0.39, 0.29) is 11.5 Å². The molecule has 4 nitrogen and oxygen atoms in total. The van der Waals surface area contributed by atoms with E-state index in [0.717, 1.165) is 19.3 Å². The molecule has 0 aromatic heterocycles. The van der Waals surface area contributed by atoms with Crippen LogP contribution in [0.3, 0.4) is 0 Å². The number of benzene rings is 1. The lowest BCUT2D eigenvalue weighted by Gasteiger charge is -2.31. The van der Waals surface area contributed by atoms with E-state index in [9.17, 15) is 13.5 Å². The summed E-state index contributed by atoms with van der Waals surface area (Å²) in [6.07, 6.45) is 2.17. The maximum absolute atomic E-state index is 12.5. The van der Waals surface area contributed by atoms with Gasteiger partial charge in [-0.05, 0) is 43.0 Å². The molecule has 0 heterocycles. The molecule has 0 unspecified atom stereocenters. The molecule has 0 fully saturated rings. The summed E-state index contributed by atoms with van der Waals surface area (Å²) in [5.41, 5.74) is -0.0256. The van der Waals surface area contributed by atoms with Crippen molar-refractivity contribution in [2.24, 2.45) is 0 Å². The summed E-state index contributed by atoms with van der Waals surface area (Å²) in [6, 6.07) is 4.36. The van der Waals surface area contributed by atoms with Crippen molar-refractivity contribution < 1.29 is 13.5 Å². The smallest absolute Gasteiger partial charge is 0.241 e. The lowest BCUT2D eigenvalue weighted by molar-refractivity contribution is 0.281. The molecule has 20 heavy (non-hydrogen) atoms. The molecule has 0 amide bonds. The quantitative estimate of drug-likeness (QED) is 0.811. The van der Waals surface area contributed by atoms with Crippen molar-refractivity contribution in [1.29, 1.82) is 0 Å². The topological polar surface area (TPSA) is 66.4 Å². The highest BCUT2D eigenvalue weighted by molar-refractivity contribution is 7.89. The van der Waals surface area contributed by atoms with Crippen molar-refractivity contribution >= 4 is 21.6 Å². The molecule has 0 atom stereocenters. The van der Waals surface area contributed by atoms with Gasteiger partial charge in [0.2, 0.25) is 10.0 Å². The number of aliphatic hydroxyl groups is 1. The van der Waals surface area contributed by atoms with E-state index in [4.69, 9.17) is 11.6 Å². The van der Waals surface area contributed by atoms with Crippen LogP contribution in [0.1, 0.15) is 45.6 Å². The maximum Gasteiger partial charge on any atom is 0.241 e. The number of sulfonamides is 1. The largest absolute Gasteiger partial charge is 0.392 e. The summed E-state index contributed by atoms with van der Waals surface area (Å²) in [5.74, 6) is 0. The van der Waals surface area contributed by atoms with Gasteiger partial charge in [0.15, 0.2) is 0 Å². The molecule has 6 heteroatoms. The highest BCUT2D eigenvalue weighted by Gasteiger charge is 2.30. The molecule has 1 aromatic rings. The van der Waals surface area contributed by atoms with Crippen LogP contribution in [0.15, 0.2) is 23.1 Å². The third-order valence-corrected chi connectivity index (χ3v) is 5.82. The Morgan fingerprint density at radius 2 is 1.75 bits per heavy atom. The van der Waals surface area contributed by atoms with Gasteiger partial charge >= 0.3 is 0 Å². The van der Waals surface area contributed by atoms with Crippen molar-refractivity contribution in [3.8, 4) is 0 Å². The van der Waals surface area contributed by atoms with E-state index < -0.39 is 15.6 Å². The predicted octanol–water partition coefficient (Wildman–Crippen LogP) is 3.08. The van der Waals surface area contributed by atoms with Crippen LogP contribution in [0.5, 0.6) is 0 Å². The Bertz CT molecular complexity index is 545. The van der Waals surface area contributed by atoms with Crippen molar-refractivity contribution in [2.45, 2.75) is 57.1 Å². The third kappa shape index (κ3) is 3.73. The first-order valence-corrected chi connectivity index (χ1v) is 8.63. The van der Waals surface area contributed by atoms with E-state index >= 15 is 0 Å². The van der Waals surface area contributed by atoms with E-state index in [2.05, 4.69) is 4.72 Å². The summed E-state index contributed by atoms with van der Waals surface area (Å²) in [5, 5.41) is 9.54. The second kappa shape index (κ2) is 6.89. The average Bonchev–Trinajstić information content (AvgIpc) is 2.45. The molecule has 0 bridgehead atoms. The molecule has 0 aliphatic carbocycles. The van der Waals surface area contributed by atoms with Crippen molar-refractivity contribution in [3.05, 3.63) is 28.8 Å². The number of aliphatic hydroxyl groups excluding tert-OH is 1. The first kappa shape index (κ1) is 17.4. The van der Waals surface area contributed by atoms with Gasteiger partial charge in [-0.1, -0.05) is 32.4 Å². The van der Waals surface area contributed by atoms with Gasteiger partial charge in [-0.25, -0.2) is 13.1 Å². The summed E-state index contributed by atoms with van der Waals surface area (Å²) >= 11 is 5.89. The fraction of sp³-hybridized carbons (Fsp3) is 0.571. The SMILES string of the molecule is CCC(CC)(CC)NS(=O)(=O)c1ccc(Cl)c(CO)c1. The van der Waals surface area contributed by atoms with E-state index in [1.165, 1.54) is 18.2 Å². The van der Waals surface area contributed by atoms with Crippen LogP contribution in [0.4, 0.5) is 0 Å². The molecule has 0 aliphatic rings.